The molecule has 0 aromatic heterocycles. The molecule has 0 heterocycles. The molecule has 1 aliphatic carbocycles. The van der Waals surface area contributed by atoms with Gasteiger partial charge in [0.2, 0.25) is 0 Å². The summed E-state index contributed by atoms with van der Waals surface area (Å²) in [7, 11) is -2.80. The molecule has 1 N–H and O–H groups in total. The summed E-state index contributed by atoms with van der Waals surface area (Å²) < 4.78 is 21.7. The summed E-state index contributed by atoms with van der Waals surface area (Å²) in [6, 6.07) is 0.711. The van der Waals surface area contributed by atoms with Gasteiger partial charge in [0.05, 0.1) is 5.75 Å². The van der Waals surface area contributed by atoms with E-state index < -0.39 is 9.84 Å². The third-order valence-electron chi connectivity index (χ3n) is 2.12. The third-order valence-corrected chi connectivity index (χ3v) is 4.43. The van der Waals surface area contributed by atoms with Gasteiger partial charge in [0, 0.05) is 30.3 Å². The van der Waals surface area contributed by atoms with Gasteiger partial charge in [-0.05, 0) is 12.8 Å². The van der Waals surface area contributed by atoms with Crippen LogP contribution in [0.2, 0.25) is 0 Å². The highest BCUT2D eigenvalue weighted by molar-refractivity contribution is 8.00. The highest BCUT2D eigenvalue weighted by atomic mass is 32.2. The Hall–Kier alpha value is -0.0000000000000000555. The first-order valence-electron chi connectivity index (χ1n) is 5.13. The minimum absolute atomic E-state index is 0.265. The van der Waals surface area contributed by atoms with E-state index in [1.165, 1.54) is 19.1 Å². The maximum Gasteiger partial charge on any atom is 0.148 e. The second kappa shape index (κ2) is 5.92. The van der Waals surface area contributed by atoms with Crippen molar-refractivity contribution in [1.29, 1.82) is 0 Å². The summed E-state index contributed by atoms with van der Waals surface area (Å²) in [6.45, 7) is 4.83. The highest BCUT2D eigenvalue weighted by Crippen LogP contribution is 2.19. The van der Waals surface area contributed by atoms with Gasteiger partial charge < -0.3 is 5.32 Å². The Kier molecular flexibility index (Phi) is 5.15. The van der Waals surface area contributed by atoms with Gasteiger partial charge >= 0.3 is 0 Å². The fourth-order valence-electron chi connectivity index (χ4n) is 1.05. The van der Waals surface area contributed by atoms with Crippen molar-refractivity contribution in [2.75, 3.05) is 30.1 Å². The molecule has 0 aromatic rings. The Morgan fingerprint density at radius 1 is 1.53 bits per heavy atom. The summed E-state index contributed by atoms with van der Waals surface area (Å²) >= 11 is 1.64. The fraction of sp³-hybridized carbons (Fsp3) is 0.800. The molecule has 0 aromatic carbocycles. The number of hydrogen-bond donors (Lipinski definition) is 1. The second-order valence-corrected chi connectivity index (χ2v) is 7.45. The fourth-order valence-corrected chi connectivity index (χ4v) is 3.27. The van der Waals surface area contributed by atoms with E-state index in [2.05, 4.69) is 11.9 Å². The topological polar surface area (TPSA) is 46.2 Å². The molecule has 0 saturated heterocycles. The first kappa shape index (κ1) is 13.1. The van der Waals surface area contributed by atoms with Crippen LogP contribution in [-0.2, 0) is 9.84 Å². The Morgan fingerprint density at radius 2 is 2.20 bits per heavy atom. The van der Waals surface area contributed by atoms with Crippen LogP contribution in [0.1, 0.15) is 12.8 Å². The number of thioether (sulfide) groups is 1. The Bertz CT molecular complexity index is 307. The zero-order chi connectivity index (χ0) is 11.3. The van der Waals surface area contributed by atoms with E-state index in [0.717, 1.165) is 17.9 Å². The Balaban J connectivity index is 1.96. The normalized spacial score (nSPS) is 16.6. The molecule has 5 heteroatoms. The lowest BCUT2D eigenvalue weighted by molar-refractivity contribution is 0.603. The van der Waals surface area contributed by atoms with Crippen molar-refractivity contribution < 1.29 is 8.42 Å². The first-order valence-corrected chi connectivity index (χ1v) is 8.34. The van der Waals surface area contributed by atoms with E-state index in [1.54, 1.807) is 11.8 Å². The SMILES string of the molecule is C=C(CNC1CC1)CSCCS(C)(=O)=O. The van der Waals surface area contributed by atoms with Gasteiger partial charge in [-0.1, -0.05) is 12.2 Å². The Labute approximate surface area is 96.6 Å². The molecule has 0 unspecified atom stereocenters. The third kappa shape index (κ3) is 7.88. The lowest BCUT2D eigenvalue weighted by Gasteiger charge is -2.06. The van der Waals surface area contributed by atoms with E-state index in [-0.39, 0.29) is 5.75 Å². The summed E-state index contributed by atoms with van der Waals surface area (Å²) in [5.41, 5.74) is 1.15. The Morgan fingerprint density at radius 3 is 2.73 bits per heavy atom. The van der Waals surface area contributed by atoms with Crippen molar-refractivity contribution in [3.8, 4) is 0 Å². The van der Waals surface area contributed by atoms with E-state index >= 15 is 0 Å². The molecule has 0 atom stereocenters. The van der Waals surface area contributed by atoms with Crippen LogP contribution in [-0.4, -0.2) is 44.5 Å². The van der Waals surface area contributed by atoms with Crippen molar-refractivity contribution in [1.82, 2.24) is 5.32 Å². The molecule has 0 bridgehead atoms. The molecule has 0 amide bonds. The number of sulfone groups is 1. The average molecular weight is 249 g/mol. The highest BCUT2D eigenvalue weighted by Gasteiger charge is 2.19. The quantitative estimate of drug-likeness (QED) is 0.516. The van der Waals surface area contributed by atoms with Gasteiger partial charge in [-0.15, -0.1) is 0 Å². The molecular weight excluding hydrogens is 230 g/mol. The van der Waals surface area contributed by atoms with Crippen LogP contribution >= 0.6 is 11.8 Å². The van der Waals surface area contributed by atoms with E-state index in [0.29, 0.717) is 11.8 Å². The predicted octanol–water partition coefficient (Wildman–Crippen LogP) is 1.07. The van der Waals surface area contributed by atoms with Crippen molar-refractivity contribution in [2.24, 2.45) is 0 Å². The van der Waals surface area contributed by atoms with Gasteiger partial charge in [0.25, 0.3) is 0 Å². The molecule has 3 nitrogen and oxygen atoms in total. The zero-order valence-corrected chi connectivity index (χ0v) is 10.8. The van der Waals surface area contributed by atoms with Gasteiger partial charge in [-0.2, -0.15) is 11.8 Å². The molecule has 1 rings (SSSR count). The molecule has 1 fully saturated rings. The lowest BCUT2D eigenvalue weighted by atomic mass is 10.3. The monoisotopic (exact) mass is 249 g/mol. The lowest BCUT2D eigenvalue weighted by Crippen LogP contribution is -2.19. The summed E-state index contributed by atoms with van der Waals surface area (Å²) in [5.74, 6) is 1.79. The van der Waals surface area contributed by atoms with Crippen molar-refractivity contribution in [3.05, 3.63) is 12.2 Å². The maximum atomic E-state index is 10.9. The summed E-state index contributed by atoms with van der Waals surface area (Å²) in [6.07, 6.45) is 3.85. The van der Waals surface area contributed by atoms with E-state index in [4.69, 9.17) is 0 Å². The van der Waals surface area contributed by atoms with Gasteiger partial charge in [-0.25, -0.2) is 8.42 Å². The van der Waals surface area contributed by atoms with Crippen LogP contribution in [0.25, 0.3) is 0 Å². The van der Waals surface area contributed by atoms with Crippen LogP contribution in [0.4, 0.5) is 0 Å². The summed E-state index contributed by atoms with van der Waals surface area (Å²) in [5, 5.41) is 3.38. The molecule has 1 aliphatic rings. The standard InChI is InChI=1S/C10H19NO2S2/c1-9(7-11-10-3-4-10)8-14-5-6-15(2,12)13/h10-11H,1,3-8H2,2H3. The van der Waals surface area contributed by atoms with Crippen LogP contribution in [0, 0.1) is 0 Å². The van der Waals surface area contributed by atoms with E-state index in [9.17, 15) is 8.42 Å². The minimum atomic E-state index is -2.80. The molecular formula is C10H19NO2S2. The van der Waals surface area contributed by atoms with Gasteiger partial charge in [0.15, 0.2) is 0 Å². The molecule has 0 aliphatic heterocycles. The largest absolute Gasteiger partial charge is 0.310 e. The van der Waals surface area contributed by atoms with Crippen LogP contribution in [0.3, 0.4) is 0 Å². The first-order chi connectivity index (χ1) is 6.97. The summed E-state index contributed by atoms with van der Waals surface area (Å²) in [4.78, 5) is 0. The average Bonchev–Trinajstić information content (AvgIpc) is 2.91. The van der Waals surface area contributed by atoms with E-state index in [1.807, 2.05) is 0 Å². The van der Waals surface area contributed by atoms with Gasteiger partial charge in [-0.3, -0.25) is 0 Å². The molecule has 0 radical (unpaired) electrons. The molecule has 0 spiro atoms. The number of rotatable bonds is 8. The number of hydrogen-bond acceptors (Lipinski definition) is 4. The van der Waals surface area contributed by atoms with Crippen molar-refractivity contribution >= 4 is 21.6 Å². The van der Waals surface area contributed by atoms with Crippen LogP contribution in [0.5, 0.6) is 0 Å². The van der Waals surface area contributed by atoms with Crippen LogP contribution < -0.4 is 5.32 Å². The maximum absolute atomic E-state index is 10.9. The molecule has 15 heavy (non-hydrogen) atoms. The second-order valence-electron chi connectivity index (χ2n) is 4.09. The zero-order valence-electron chi connectivity index (χ0n) is 9.16. The minimum Gasteiger partial charge on any atom is -0.310 e. The predicted molar refractivity (Wildman–Crippen MR) is 67.2 cm³/mol. The van der Waals surface area contributed by atoms with Crippen molar-refractivity contribution in [3.63, 3.8) is 0 Å². The smallest absolute Gasteiger partial charge is 0.148 e. The molecule has 88 valence electrons. The molecule has 1 saturated carbocycles. The van der Waals surface area contributed by atoms with Crippen molar-refractivity contribution in [2.45, 2.75) is 18.9 Å². The van der Waals surface area contributed by atoms with Gasteiger partial charge in [0.1, 0.15) is 9.84 Å². The number of nitrogens with one attached hydrogen (secondary N) is 1. The van der Waals surface area contributed by atoms with Crippen LogP contribution in [0.15, 0.2) is 12.2 Å².